The van der Waals surface area contributed by atoms with Crippen molar-refractivity contribution in [1.82, 2.24) is 9.97 Å². The molecule has 2 N–H and O–H groups in total. The van der Waals surface area contributed by atoms with Crippen LogP contribution in [0.3, 0.4) is 0 Å². The Morgan fingerprint density at radius 1 is 0.963 bits per heavy atom. The minimum absolute atomic E-state index is 0.530. The van der Waals surface area contributed by atoms with E-state index in [1.165, 1.54) is 11.1 Å². The Balaban J connectivity index is 1.44. The molecule has 27 heavy (non-hydrogen) atoms. The molecular formula is C21H24N4O2. The van der Waals surface area contributed by atoms with Crippen LogP contribution >= 0.6 is 0 Å². The van der Waals surface area contributed by atoms with Crippen molar-refractivity contribution in [3.05, 3.63) is 71.9 Å². The second-order valence-electron chi connectivity index (χ2n) is 6.06. The molecular weight excluding hydrogens is 340 g/mol. The Morgan fingerprint density at radius 3 is 2.56 bits per heavy atom. The molecule has 0 aliphatic carbocycles. The normalized spacial score (nSPS) is 10.3. The molecule has 6 nitrogen and oxygen atoms in total. The third kappa shape index (κ3) is 5.88. The van der Waals surface area contributed by atoms with Gasteiger partial charge in [0.25, 0.3) is 0 Å². The van der Waals surface area contributed by atoms with E-state index in [1.54, 1.807) is 13.3 Å². The number of hydrogen-bond donors (Lipinski definition) is 2. The van der Waals surface area contributed by atoms with Gasteiger partial charge in [0.05, 0.1) is 13.7 Å². The smallest absolute Gasteiger partial charge is 0.224 e. The second kappa shape index (κ2) is 9.43. The number of methoxy groups -OCH3 is 1. The van der Waals surface area contributed by atoms with Crippen molar-refractivity contribution in [1.29, 1.82) is 0 Å². The fourth-order valence-corrected chi connectivity index (χ4v) is 2.57. The van der Waals surface area contributed by atoms with Gasteiger partial charge in [-0.3, -0.25) is 0 Å². The molecule has 3 aromatic rings. The maximum Gasteiger partial charge on any atom is 0.224 e. The van der Waals surface area contributed by atoms with Gasteiger partial charge in [0.2, 0.25) is 5.95 Å². The van der Waals surface area contributed by atoms with Crippen molar-refractivity contribution in [3.8, 4) is 11.5 Å². The van der Waals surface area contributed by atoms with Crippen LogP contribution in [0.25, 0.3) is 0 Å². The van der Waals surface area contributed by atoms with Crippen LogP contribution in [0, 0.1) is 6.92 Å². The highest BCUT2D eigenvalue weighted by Gasteiger charge is 2.01. The van der Waals surface area contributed by atoms with Gasteiger partial charge in [-0.15, -0.1) is 0 Å². The maximum absolute atomic E-state index is 5.70. The molecule has 0 unspecified atom stereocenters. The number of rotatable bonds is 9. The van der Waals surface area contributed by atoms with Crippen LogP contribution in [0.2, 0.25) is 0 Å². The van der Waals surface area contributed by atoms with Gasteiger partial charge in [0, 0.05) is 12.7 Å². The minimum Gasteiger partial charge on any atom is -0.497 e. The molecule has 0 saturated carbocycles. The number of anilines is 2. The fourth-order valence-electron chi connectivity index (χ4n) is 2.57. The number of aromatic nitrogens is 2. The average molecular weight is 364 g/mol. The molecule has 0 aliphatic rings. The van der Waals surface area contributed by atoms with Gasteiger partial charge >= 0.3 is 0 Å². The largest absolute Gasteiger partial charge is 0.497 e. The third-order valence-electron chi connectivity index (χ3n) is 3.93. The first kappa shape index (κ1) is 18.5. The zero-order valence-corrected chi connectivity index (χ0v) is 15.6. The Morgan fingerprint density at radius 2 is 1.78 bits per heavy atom. The number of hydrogen-bond acceptors (Lipinski definition) is 6. The molecule has 0 atom stereocenters. The molecule has 2 aromatic carbocycles. The quantitative estimate of drug-likeness (QED) is 0.561. The molecule has 1 heterocycles. The van der Waals surface area contributed by atoms with Crippen molar-refractivity contribution in [2.75, 3.05) is 30.9 Å². The van der Waals surface area contributed by atoms with Crippen LogP contribution in [-0.2, 0) is 6.54 Å². The van der Waals surface area contributed by atoms with E-state index in [0.717, 1.165) is 17.3 Å². The third-order valence-corrected chi connectivity index (χ3v) is 3.93. The lowest BCUT2D eigenvalue weighted by molar-refractivity contribution is 0.331. The van der Waals surface area contributed by atoms with Crippen LogP contribution < -0.4 is 20.1 Å². The van der Waals surface area contributed by atoms with E-state index in [2.05, 4.69) is 45.7 Å². The Hall–Kier alpha value is -3.28. The molecule has 0 spiro atoms. The summed E-state index contributed by atoms with van der Waals surface area (Å²) in [5.41, 5.74) is 2.44. The van der Waals surface area contributed by atoms with Crippen LogP contribution in [0.5, 0.6) is 11.5 Å². The number of nitrogens with zero attached hydrogens (tertiary/aromatic N) is 2. The summed E-state index contributed by atoms with van der Waals surface area (Å²) in [5, 5.41) is 6.49. The molecule has 6 heteroatoms. The standard InChI is InChI=1S/C21H24N4O2/c1-16-4-3-5-17(14-16)15-24-21-23-11-10-20(25-21)22-12-13-27-19-8-6-18(26-2)7-9-19/h3-11,14H,12-13,15H2,1-2H3,(H2,22,23,24,25). The van der Waals surface area contributed by atoms with Gasteiger partial charge < -0.3 is 20.1 Å². The van der Waals surface area contributed by atoms with Gasteiger partial charge in [-0.25, -0.2) is 4.98 Å². The molecule has 0 fully saturated rings. The van der Waals surface area contributed by atoms with Gasteiger partial charge in [-0.2, -0.15) is 4.98 Å². The lowest BCUT2D eigenvalue weighted by Gasteiger charge is -2.10. The predicted octanol–water partition coefficient (Wildman–Crippen LogP) is 3.90. The van der Waals surface area contributed by atoms with Crippen molar-refractivity contribution < 1.29 is 9.47 Å². The van der Waals surface area contributed by atoms with E-state index in [0.29, 0.717) is 25.6 Å². The summed E-state index contributed by atoms with van der Waals surface area (Å²) >= 11 is 0. The van der Waals surface area contributed by atoms with Gasteiger partial charge in [0.15, 0.2) is 0 Å². The number of benzene rings is 2. The first-order valence-corrected chi connectivity index (χ1v) is 8.86. The number of aryl methyl sites for hydroxylation is 1. The van der Waals surface area contributed by atoms with E-state index in [1.807, 2.05) is 36.4 Å². The second-order valence-corrected chi connectivity index (χ2v) is 6.06. The topological polar surface area (TPSA) is 68.3 Å². The first-order chi connectivity index (χ1) is 13.2. The average Bonchev–Trinajstić information content (AvgIpc) is 2.70. The summed E-state index contributed by atoms with van der Waals surface area (Å²) in [4.78, 5) is 8.74. The lowest BCUT2D eigenvalue weighted by atomic mass is 10.1. The summed E-state index contributed by atoms with van der Waals surface area (Å²) in [5.74, 6) is 2.97. The summed E-state index contributed by atoms with van der Waals surface area (Å²) < 4.78 is 10.8. The van der Waals surface area contributed by atoms with Crippen LogP contribution in [0.1, 0.15) is 11.1 Å². The lowest BCUT2D eigenvalue weighted by Crippen LogP contribution is -2.13. The number of nitrogens with one attached hydrogen (secondary N) is 2. The van der Waals surface area contributed by atoms with Gasteiger partial charge in [0.1, 0.15) is 23.9 Å². The summed E-state index contributed by atoms with van der Waals surface area (Å²) in [6.45, 7) is 3.94. The van der Waals surface area contributed by atoms with Crippen molar-refractivity contribution in [3.63, 3.8) is 0 Å². The van der Waals surface area contributed by atoms with Crippen LogP contribution in [0.4, 0.5) is 11.8 Å². The van der Waals surface area contributed by atoms with Crippen LogP contribution in [0.15, 0.2) is 60.8 Å². The zero-order chi connectivity index (χ0) is 18.9. The summed E-state index contributed by atoms with van der Waals surface area (Å²) in [6, 6.07) is 17.7. The van der Waals surface area contributed by atoms with Gasteiger partial charge in [-0.1, -0.05) is 29.8 Å². The molecule has 140 valence electrons. The van der Waals surface area contributed by atoms with Crippen molar-refractivity contribution in [2.24, 2.45) is 0 Å². The highest BCUT2D eigenvalue weighted by molar-refractivity contribution is 5.40. The molecule has 0 saturated heterocycles. The Kier molecular flexibility index (Phi) is 6.46. The predicted molar refractivity (Wildman–Crippen MR) is 108 cm³/mol. The molecule has 0 amide bonds. The van der Waals surface area contributed by atoms with E-state index >= 15 is 0 Å². The van der Waals surface area contributed by atoms with E-state index < -0.39 is 0 Å². The van der Waals surface area contributed by atoms with Crippen molar-refractivity contribution >= 4 is 11.8 Å². The zero-order valence-electron chi connectivity index (χ0n) is 15.6. The minimum atomic E-state index is 0.530. The summed E-state index contributed by atoms with van der Waals surface area (Å²) in [6.07, 6.45) is 1.73. The molecule has 1 aromatic heterocycles. The Bertz CT molecular complexity index is 853. The highest BCUT2D eigenvalue weighted by atomic mass is 16.5. The fraction of sp³-hybridized carbons (Fsp3) is 0.238. The van der Waals surface area contributed by atoms with Gasteiger partial charge in [-0.05, 0) is 42.8 Å². The molecule has 3 rings (SSSR count). The number of ether oxygens (including phenoxy) is 2. The van der Waals surface area contributed by atoms with Crippen LogP contribution in [-0.4, -0.2) is 30.2 Å². The molecule has 0 aliphatic heterocycles. The highest BCUT2D eigenvalue weighted by Crippen LogP contribution is 2.17. The van der Waals surface area contributed by atoms with E-state index in [4.69, 9.17) is 9.47 Å². The maximum atomic E-state index is 5.70. The van der Waals surface area contributed by atoms with Crippen molar-refractivity contribution in [2.45, 2.75) is 13.5 Å². The monoisotopic (exact) mass is 364 g/mol. The van der Waals surface area contributed by atoms with E-state index in [9.17, 15) is 0 Å². The Labute approximate surface area is 159 Å². The molecule has 0 radical (unpaired) electrons. The first-order valence-electron chi connectivity index (χ1n) is 8.86. The molecule has 0 bridgehead atoms. The SMILES string of the molecule is COc1ccc(OCCNc2ccnc(NCc3cccc(C)c3)n2)cc1. The summed E-state index contributed by atoms with van der Waals surface area (Å²) in [7, 11) is 1.64. The van der Waals surface area contributed by atoms with E-state index in [-0.39, 0.29) is 0 Å².